The first-order valence-corrected chi connectivity index (χ1v) is 7.24. The van der Waals surface area contributed by atoms with Gasteiger partial charge in [-0.2, -0.15) is 31.6 Å². The van der Waals surface area contributed by atoms with Crippen molar-refractivity contribution >= 4 is 24.8 Å². The minimum absolute atomic E-state index is 0. The third-order valence-electron chi connectivity index (χ3n) is 3.92. The zero-order chi connectivity index (χ0) is 18.0. The highest BCUT2D eigenvalue weighted by molar-refractivity contribution is 5.85. The summed E-state index contributed by atoms with van der Waals surface area (Å²) in [6.45, 7) is 1.73. The van der Waals surface area contributed by atoms with Crippen molar-refractivity contribution in [3.8, 4) is 6.07 Å². The monoisotopic (exact) mass is 423 g/mol. The van der Waals surface area contributed by atoms with E-state index in [1.54, 1.807) is 11.0 Å². The maximum atomic E-state index is 13.2. The molecular formula is C15H17Cl2F6N3. The van der Waals surface area contributed by atoms with E-state index in [9.17, 15) is 26.3 Å². The Kier molecular flexibility index (Phi) is 9.20. The summed E-state index contributed by atoms with van der Waals surface area (Å²) in [5, 5.41) is 12.0. The molecule has 1 heterocycles. The van der Waals surface area contributed by atoms with Crippen LogP contribution in [0.3, 0.4) is 0 Å². The van der Waals surface area contributed by atoms with E-state index in [1.807, 2.05) is 0 Å². The average Bonchev–Trinajstić information content (AvgIpc) is 2.51. The van der Waals surface area contributed by atoms with Crippen molar-refractivity contribution in [3.05, 3.63) is 34.9 Å². The molecule has 1 N–H and O–H groups in total. The van der Waals surface area contributed by atoms with Gasteiger partial charge >= 0.3 is 12.4 Å². The highest BCUT2D eigenvalue weighted by atomic mass is 35.5. The summed E-state index contributed by atoms with van der Waals surface area (Å²) in [5.41, 5.74) is -2.78. The lowest BCUT2D eigenvalue weighted by atomic mass is 9.93. The molecule has 1 aromatic carbocycles. The summed E-state index contributed by atoms with van der Waals surface area (Å²) in [6, 6.07) is 2.15. The second-order valence-electron chi connectivity index (χ2n) is 5.46. The molecule has 0 spiro atoms. The van der Waals surface area contributed by atoms with Gasteiger partial charge in [0, 0.05) is 32.2 Å². The maximum absolute atomic E-state index is 13.2. The van der Waals surface area contributed by atoms with Crippen LogP contribution in [0.1, 0.15) is 29.2 Å². The van der Waals surface area contributed by atoms with Crippen LogP contribution in [0.2, 0.25) is 0 Å². The minimum atomic E-state index is -4.79. The average molecular weight is 424 g/mol. The van der Waals surface area contributed by atoms with Gasteiger partial charge in [0.1, 0.15) is 0 Å². The van der Waals surface area contributed by atoms with Crippen molar-refractivity contribution in [2.45, 2.75) is 24.8 Å². The van der Waals surface area contributed by atoms with Gasteiger partial charge in [-0.3, -0.25) is 4.90 Å². The smallest absolute Gasteiger partial charge is 0.314 e. The molecule has 3 nitrogen and oxygen atoms in total. The third-order valence-corrected chi connectivity index (χ3v) is 3.92. The van der Waals surface area contributed by atoms with E-state index in [-0.39, 0.29) is 31.2 Å². The molecule has 0 amide bonds. The van der Waals surface area contributed by atoms with E-state index >= 15 is 0 Å². The van der Waals surface area contributed by atoms with Crippen LogP contribution in [0, 0.1) is 11.3 Å². The number of piperazine rings is 1. The standard InChI is InChI=1S/C15H15F6N3.2ClH/c16-14(17,18)10-1-2-12(15(19,20)21)11(9-10)13(3-4-22)24-7-5-23-6-8-24;;/h1-2,9,13,23H,3,5-8H2;2*1H/t13-;;/m0../s1. The van der Waals surface area contributed by atoms with Gasteiger partial charge in [0.2, 0.25) is 0 Å². The van der Waals surface area contributed by atoms with E-state index in [0.717, 1.165) is 0 Å². The molecule has 0 aliphatic carbocycles. The molecule has 1 aliphatic rings. The van der Waals surface area contributed by atoms with E-state index in [1.165, 1.54) is 0 Å². The second-order valence-corrected chi connectivity index (χ2v) is 5.46. The second kappa shape index (κ2) is 9.65. The number of nitrogens with zero attached hydrogens (tertiary/aromatic N) is 2. The summed E-state index contributed by atoms with van der Waals surface area (Å²) in [7, 11) is 0. The highest BCUT2D eigenvalue weighted by Crippen LogP contribution is 2.40. The Morgan fingerprint density at radius 1 is 1.04 bits per heavy atom. The van der Waals surface area contributed by atoms with E-state index in [0.29, 0.717) is 44.4 Å². The molecule has 148 valence electrons. The van der Waals surface area contributed by atoms with Crippen LogP contribution in [0.5, 0.6) is 0 Å². The summed E-state index contributed by atoms with van der Waals surface area (Å²) >= 11 is 0. The first kappa shape index (κ1) is 24.8. The van der Waals surface area contributed by atoms with Crippen molar-refractivity contribution in [1.29, 1.82) is 5.26 Å². The number of nitrogens with one attached hydrogen (secondary N) is 1. The van der Waals surface area contributed by atoms with Crippen molar-refractivity contribution in [2.75, 3.05) is 26.2 Å². The summed E-state index contributed by atoms with van der Waals surface area (Å²) in [6.07, 6.45) is -9.86. The molecule has 1 aromatic rings. The third kappa shape index (κ3) is 5.91. The Hall–Kier alpha value is -1.21. The fourth-order valence-corrected chi connectivity index (χ4v) is 2.79. The molecule has 1 aliphatic heterocycles. The molecule has 0 unspecified atom stereocenters. The Morgan fingerprint density at radius 2 is 1.62 bits per heavy atom. The van der Waals surface area contributed by atoms with Gasteiger partial charge in [-0.05, 0) is 23.8 Å². The number of hydrogen-bond acceptors (Lipinski definition) is 3. The van der Waals surface area contributed by atoms with Gasteiger partial charge in [-0.15, -0.1) is 24.8 Å². The predicted octanol–water partition coefficient (Wildman–Crippen LogP) is 4.43. The highest BCUT2D eigenvalue weighted by Gasteiger charge is 2.39. The van der Waals surface area contributed by atoms with Crippen LogP contribution >= 0.6 is 24.8 Å². The van der Waals surface area contributed by atoms with Crippen LogP contribution in [-0.2, 0) is 12.4 Å². The van der Waals surface area contributed by atoms with Gasteiger partial charge < -0.3 is 5.32 Å². The maximum Gasteiger partial charge on any atom is 0.416 e. The van der Waals surface area contributed by atoms with Crippen LogP contribution in [0.4, 0.5) is 26.3 Å². The molecule has 1 atom stereocenters. The van der Waals surface area contributed by atoms with Crippen molar-refractivity contribution in [2.24, 2.45) is 0 Å². The molecule has 26 heavy (non-hydrogen) atoms. The molecule has 0 aromatic heterocycles. The molecule has 0 radical (unpaired) electrons. The molecule has 0 saturated carbocycles. The Morgan fingerprint density at radius 3 is 2.08 bits per heavy atom. The molecular weight excluding hydrogens is 407 g/mol. The quantitative estimate of drug-likeness (QED) is 0.731. The van der Waals surface area contributed by atoms with Crippen molar-refractivity contribution in [3.63, 3.8) is 0 Å². The number of alkyl halides is 6. The molecule has 2 rings (SSSR count). The number of nitriles is 1. The van der Waals surface area contributed by atoms with Crippen molar-refractivity contribution in [1.82, 2.24) is 10.2 Å². The van der Waals surface area contributed by atoms with Gasteiger partial charge in [-0.25, -0.2) is 0 Å². The zero-order valence-electron chi connectivity index (χ0n) is 13.3. The normalized spacial score (nSPS) is 16.8. The Labute approximate surface area is 159 Å². The predicted molar refractivity (Wildman–Crippen MR) is 88.4 cm³/mol. The van der Waals surface area contributed by atoms with Crippen LogP contribution in [-0.4, -0.2) is 31.1 Å². The van der Waals surface area contributed by atoms with E-state index in [2.05, 4.69) is 5.32 Å². The summed E-state index contributed by atoms with van der Waals surface area (Å²) in [4.78, 5) is 1.62. The lowest BCUT2D eigenvalue weighted by Gasteiger charge is -2.35. The Balaban J connectivity index is 0.00000312. The molecule has 1 saturated heterocycles. The summed E-state index contributed by atoms with van der Waals surface area (Å²) in [5.74, 6) is 0. The van der Waals surface area contributed by atoms with Crippen LogP contribution in [0.25, 0.3) is 0 Å². The first-order valence-electron chi connectivity index (χ1n) is 7.24. The van der Waals surface area contributed by atoms with E-state index in [4.69, 9.17) is 5.26 Å². The first-order chi connectivity index (χ1) is 11.1. The number of benzene rings is 1. The molecule has 0 bridgehead atoms. The number of rotatable bonds is 3. The lowest BCUT2D eigenvalue weighted by molar-refractivity contribution is -0.142. The molecule has 1 fully saturated rings. The SMILES string of the molecule is Cl.Cl.N#CC[C@@H](c1cc(C(F)(F)F)ccc1C(F)(F)F)N1CCNCC1. The van der Waals surface area contributed by atoms with Gasteiger partial charge in [0.05, 0.1) is 23.6 Å². The van der Waals surface area contributed by atoms with Crippen LogP contribution in [0.15, 0.2) is 18.2 Å². The van der Waals surface area contributed by atoms with E-state index < -0.39 is 35.1 Å². The van der Waals surface area contributed by atoms with Gasteiger partial charge in [0.25, 0.3) is 0 Å². The number of hydrogen-bond donors (Lipinski definition) is 1. The lowest BCUT2D eigenvalue weighted by Crippen LogP contribution is -2.45. The Bertz CT molecular complexity index is 621. The fraction of sp³-hybridized carbons (Fsp3) is 0.533. The summed E-state index contributed by atoms with van der Waals surface area (Å²) < 4.78 is 78.5. The molecule has 11 heteroatoms. The zero-order valence-corrected chi connectivity index (χ0v) is 15.0. The number of halogens is 8. The fourth-order valence-electron chi connectivity index (χ4n) is 2.79. The van der Waals surface area contributed by atoms with Crippen LogP contribution < -0.4 is 5.32 Å². The van der Waals surface area contributed by atoms with Gasteiger partial charge in [-0.1, -0.05) is 0 Å². The van der Waals surface area contributed by atoms with Gasteiger partial charge in [0.15, 0.2) is 0 Å². The minimum Gasteiger partial charge on any atom is -0.314 e. The largest absolute Gasteiger partial charge is 0.416 e. The topological polar surface area (TPSA) is 39.1 Å². The van der Waals surface area contributed by atoms with Crippen molar-refractivity contribution < 1.29 is 26.3 Å².